The molecule has 0 bridgehead atoms. The van der Waals surface area contributed by atoms with E-state index >= 15 is 0 Å². The van der Waals surface area contributed by atoms with Crippen LogP contribution in [0.4, 0.5) is 5.69 Å². The number of aryl methyl sites for hydroxylation is 1. The Kier molecular flexibility index (Phi) is 9.97. The predicted octanol–water partition coefficient (Wildman–Crippen LogP) is 7.41. The molecule has 11 heteroatoms. The lowest BCUT2D eigenvalue weighted by molar-refractivity contribution is 0.000512. The van der Waals surface area contributed by atoms with Gasteiger partial charge < -0.3 is 19.1 Å². The van der Waals surface area contributed by atoms with Crippen molar-refractivity contribution in [3.8, 4) is 5.75 Å². The minimum absolute atomic E-state index is 0.0173. The molecular formula is C40H48ClN3O6S. The summed E-state index contributed by atoms with van der Waals surface area (Å²) >= 11 is 6.47. The third-order valence-electron chi connectivity index (χ3n) is 11.1. The molecule has 5 atom stereocenters. The van der Waals surface area contributed by atoms with Crippen molar-refractivity contribution in [3.05, 3.63) is 88.2 Å². The number of allylic oxidation sites excluding steroid dienone is 1. The number of benzene rings is 2. The summed E-state index contributed by atoms with van der Waals surface area (Å²) < 4.78 is 44.1. The third-order valence-corrected chi connectivity index (χ3v) is 12.9. The lowest BCUT2D eigenvalue weighted by atomic mass is 9.65. The summed E-state index contributed by atoms with van der Waals surface area (Å²) in [5.41, 5.74) is 4.44. The molecule has 1 spiro atoms. The van der Waals surface area contributed by atoms with Gasteiger partial charge in [-0.25, -0.2) is 23.2 Å². The fourth-order valence-electron chi connectivity index (χ4n) is 8.49. The van der Waals surface area contributed by atoms with Crippen molar-refractivity contribution in [1.29, 1.82) is 0 Å². The summed E-state index contributed by atoms with van der Waals surface area (Å²) in [6.07, 6.45) is 11.7. The molecule has 0 unspecified atom stereocenters. The van der Waals surface area contributed by atoms with Crippen LogP contribution in [0.15, 0.2) is 71.7 Å². The Morgan fingerprint density at radius 2 is 1.92 bits per heavy atom. The fourth-order valence-corrected chi connectivity index (χ4v) is 9.93. The molecule has 7 rings (SSSR count). The molecule has 4 aliphatic rings. The van der Waals surface area contributed by atoms with E-state index < -0.39 is 15.4 Å². The van der Waals surface area contributed by atoms with Crippen molar-refractivity contribution in [3.63, 3.8) is 0 Å². The van der Waals surface area contributed by atoms with E-state index in [4.69, 9.17) is 25.8 Å². The molecule has 51 heavy (non-hydrogen) atoms. The second kappa shape index (κ2) is 14.2. The first-order valence-corrected chi connectivity index (χ1v) is 20.1. The van der Waals surface area contributed by atoms with Crippen LogP contribution in [0.5, 0.6) is 5.75 Å². The molecular weight excluding hydrogens is 686 g/mol. The van der Waals surface area contributed by atoms with Gasteiger partial charge in [-0.1, -0.05) is 23.7 Å². The summed E-state index contributed by atoms with van der Waals surface area (Å²) in [7, 11) is -1.74. The normalized spacial score (nSPS) is 24.9. The SMILES string of the molecule is CO[C@@H](C1=C[C@@H](CCS(=O)(=O)c2ncccn2)C1)[C@@H]1CC[C@H]1CN1C[C@@]2(CCCc3cc(Cl)ccc32)COc2ccc(C(=O)OC(C)(C)C)cc21. The first-order chi connectivity index (χ1) is 24.3. The van der Waals surface area contributed by atoms with Gasteiger partial charge in [0.25, 0.3) is 0 Å². The highest BCUT2D eigenvalue weighted by atomic mass is 35.5. The van der Waals surface area contributed by atoms with Crippen LogP contribution in [0.1, 0.15) is 80.8 Å². The van der Waals surface area contributed by atoms with E-state index in [1.54, 1.807) is 13.2 Å². The maximum Gasteiger partial charge on any atom is 0.338 e. The molecule has 0 N–H and O–H groups in total. The maximum absolute atomic E-state index is 13.3. The summed E-state index contributed by atoms with van der Waals surface area (Å²) in [6.45, 7) is 7.75. The van der Waals surface area contributed by atoms with Gasteiger partial charge in [0.05, 0.1) is 29.7 Å². The molecule has 0 amide bonds. The zero-order chi connectivity index (χ0) is 36.0. The van der Waals surface area contributed by atoms with Crippen molar-refractivity contribution in [1.82, 2.24) is 9.97 Å². The van der Waals surface area contributed by atoms with Crippen molar-refractivity contribution in [2.45, 2.75) is 88.0 Å². The van der Waals surface area contributed by atoms with Crippen LogP contribution in [0.3, 0.4) is 0 Å². The Morgan fingerprint density at radius 1 is 1.14 bits per heavy atom. The highest BCUT2D eigenvalue weighted by molar-refractivity contribution is 7.91. The molecule has 9 nitrogen and oxygen atoms in total. The standard InChI is InChI=1S/C40H48ClN3O6S/c1-39(2,3)50-37(45)28-9-13-35-34(22-28)44(24-40(25-49-35)15-5-7-27-21-31(41)10-12-33(27)40)23-29-8-11-32(29)36(48-4)30-19-26(20-30)14-18-51(46,47)38-42-16-6-17-43-38/h6,9-10,12-13,16-17,19,21-22,26,29,32,36H,5,7-8,11,14-15,18,20,23-25H2,1-4H3/t26-,29+,32-,36+,40+/m1/s1. The molecule has 2 heterocycles. The second-order valence-electron chi connectivity index (χ2n) is 15.8. The number of hydrogen-bond acceptors (Lipinski definition) is 9. The lowest BCUT2D eigenvalue weighted by Gasteiger charge is -2.48. The maximum atomic E-state index is 13.3. The van der Waals surface area contributed by atoms with Crippen molar-refractivity contribution in [2.24, 2.45) is 17.8 Å². The van der Waals surface area contributed by atoms with Crippen LogP contribution in [0.2, 0.25) is 5.02 Å². The van der Waals surface area contributed by atoms with Gasteiger partial charge in [0.15, 0.2) is 0 Å². The number of aromatic nitrogens is 2. The molecule has 3 aliphatic carbocycles. The minimum Gasteiger partial charge on any atom is -0.490 e. The van der Waals surface area contributed by atoms with Crippen LogP contribution in [0, 0.1) is 17.8 Å². The van der Waals surface area contributed by atoms with E-state index in [1.807, 2.05) is 45.0 Å². The molecule has 1 saturated carbocycles. The first kappa shape index (κ1) is 35.9. The molecule has 1 aromatic heterocycles. The average molecular weight is 734 g/mol. The van der Waals surface area contributed by atoms with E-state index in [1.165, 1.54) is 29.1 Å². The molecule has 2 aromatic carbocycles. The Morgan fingerprint density at radius 3 is 2.63 bits per heavy atom. The quantitative estimate of drug-likeness (QED) is 0.120. The van der Waals surface area contributed by atoms with Crippen LogP contribution in [-0.2, 0) is 31.1 Å². The van der Waals surface area contributed by atoms with Gasteiger partial charge in [0.2, 0.25) is 15.0 Å². The van der Waals surface area contributed by atoms with Crippen molar-refractivity contribution < 1.29 is 27.4 Å². The highest BCUT2D eigenvalue weighted by Gasteiger charge is 2.46. The van der Waals surface area contributed by atoms with Gasteiger partial charge in [-0.15, -0.1) is 0 Å². The van der Waals surface area contributed by atoms with Gasteiger partial charge >= 0.3 is 5.97 Å². The van der Waals surface area contributed by atoms with Gasteiger partial charge in [0, 0.05) is 43.0 Å². The van der Waals surface area contributed by atoms with Gasteiger partial charge in [-0.05, 0) is 137 Å². The number of ether oxygens (including phenoxy) is 3. The number of rotatable bonds is 10. The van der Waals surface area contributed by atoms with Gasteiger partial charge in [0.1, 0.15) is 11.4 Å². The summed E-state index contributed by atoms with van der Waals surface area (Å²) in [5, 5.41) is 0.645. The van der Waals surface area contributed by atoms with E-state index in [-0.39, 0.29) is 34.3 Å². The van der Waals surface area contributed by atoms with Crippen LogP contribution < -0.4 is 9.64 Å². The van der Waals surface area contributed by atoms with Crippen LogP contribution in [0.25, 0.3) is 0 Å². The smallest absolute Gasteiger partial charge is 0.338 e. The number of methoxy groups -OCH3 is 1. The predicted molar refractivity (Wildman–Crippen MR) is 197 cm³/mol. The molecule has 3 aromatic rings. The monoisotopic (exact) mass is 733 g/mol. The van der Waals surface area contributed by atoms with E-state index in [9.17, 15) is 13.2 Å². The largest absolute Gasteiger partial charge is 0.490 e. The topological polar surface area (TPSA) is 108 Å². The number of sulfone groups is 1. The Bertz CT molecular complexity index is 1910. The van der Waals surface area contributed by atoms with Crippen LogP contribution in [-0.4, -0.2) is 68.6 Å². The zero-order valence-corrected chi connectivity index (χ0v) is 31.5. The molecule has 272 valence electrons. The van der Waals surface area contributed by atoms with Gasteiger partial charge in [-0.2, -0.15) is 0 Å². The number of carbonyl (C=O) groups is 1. The summed E-state index contributed by atoms with van der Waals surface area (Å²) in [6, 6.07) is 13.6. The molecule has 0 radical (unpaired) electrons. The number of esters is 1. The highest BCUT2D eigenvalue weighted by Crippen LogP contribution is 2.49. The average Bonchev–Trinajstić information content (AvgIpc) is 3.21. The Balaban J connectivity index is 1.12. The van der Waals surface area contributed by atoms with Crippen molar-refractivity contribution >= 4 is 33.1 Å². The van der Waals surface area contributed by atoms with Crippen molar-refractivity contribution in [2.75, 3.05) is 37.5 Å². The van der Waals surface area contributed by atoms with E-state index in [0.717, 1.165) is 68.1 Å². The number of carbonyl (C=O) groups excluding carboxylic acids is 1. The fraction of sp³-hybridized carbons (Fsp3) is 0.525. The Hall–Kier alpha value is -3.47. The molecule has 1 aliphatic heterocycles. The number of halogens is 1. The van der Waals surface area contributed by atoms with Gasteiger partial charge in [-0.3, -0.25) is 0 Å². The van der Waals surface area contributed by atoms with E-state index in [0.29, 0.717) is 30.4 Å². The minimum atomic E-state index is -3.52. The molecule has 0 saturated heterocycles. The summed E-state index contributed by atoms with van der Waals surface area (Å²) in [5.74, 6) is 1.34. The third kappa shape index (κ3) is 7.55. The van der Waals surface area contributed by atoms with E-state index in [2.05, 4.69) is 33.1 Å². The second-order valence-corrected chi connectivity index (χ2v) is 18.2. The number of anilines is 1. The molecule has 1 fully saturated rings. The number of fused-ring (bicyclic) bond motifs is 3. The lowest BCUT2D eigenvalue weighted by Crippen LogP contribution is -2.50. The van der Waals surface area contributed by atoms with Crippen LogP contribution >= 0.6 is 11.6 Å². The number of nitrogens with zero attached hydrogens (tertiary/aromatic N) is 3. The Labute approximate surface area is 306 Å². The summed E-state index contributed by atoms with van der Waals surface area (Å²) in [4.78, 5) is 23.6. The zero-order valence-electron chi connectivity index (χ0n) is 29.9. The first-order valence-electron chi connectivity index (χ1n) is 18.1. The number of hydrogen-bond donors (Lipinski definition) is 0.